The Morgan fingerprint density at radius 1 is 1.09 bits per heavy atom. The van der Waals surface area contributed by atoms with Crippen molar-refractivity contribution in [3.63, 3.8) is 0 Å². The van der Waals surface area contributed by atoms with Crippen molar-refractivity contribution >= 4 is 17.8 Å². The van der Waals surface area contributed by atoms with Crippen LogP contribution in [0.1, 0.15) is 31.1 Å². The average molecular weight is 309 g/mol. The molecule has 0 bridgehead atoms. The first kappa shape index (κ1) is 17.5. The van der Waals surface area contributed by atoms with Gasteiger partial charge in [-0.3, -0.25) is 4.79 Å². The van der Waals surface area contributed by atoms with Crippen LogP contribution in [0.5, 0.6) is 5.75 Å². The monoisotopic (exact) mass is 309 g/mol. The first-order valence-corrected chi connectivity index (χ1v) is 6.58. The van der Waals surface area contributed by atoms with Crippen molar-refractivity contribution in [2.45, 2.75) is 26.4 Å². The van der Waals surface area contributed by atoms with Crippen molar-refractivity contribution in [3.05, 3.63) is 29.8 Å². The van der Waals surface area contributed by atoms with E-state index in [9.17, 15) is 14.4 Å². The molecule has 0 spiro atoms. The summed E-state index contributed by atoms with van der Waals surface area (Å²) < 4.78 is 15.0. The van der Waals surface area contributed by atoms with Crippen molar-refractivity contribution in [2.24, 2.45) is 5.73 Å². The number of nitrogens with two attached hydrogens (primary N) is 1. The van der Waals surface area contributed by atoms with Gasteiger partial charge in [0.2, 0.25) is 0 Å². The summed E-state index contributed by atoms with van der Waals surface area (Å²) >= 11 is 0. The van der Waals surface area contributed by atoms with Gasteiger partial charge in [-0.25, -0.2) is 9.59 Å². The highest BCUT2D eigenvalue weighted by molar-refractivity contribution is 5.93. The lowest BCUT2D eigenvalue weighted by atomic mass is 10.2. The van der Waals surface area contributed by atoms with E-state index in [2.05, 4.69) is 0 Å². The molecular weight excluding hydrogens is 290 g/mol. The molecule has 0 aromatic heterocycles. The minimum Gasteiger partial charge on any atom is -0.483 e. The predicted molar refractivity (Wildman–Crippen MR) is 77.3 cm³/mol. The second kappa shape index (κ2) is 7.44. The van der Waals surface area contributed by atoms with E-state index in [1.807, 2.05) is 0 Å². The Morgan fingerprint density at radius 2 is 1.73 bits per heavy atom. The van der Waals surface area contributed by atoms with Gasteiger partial charge in [0.15, 0.2) is 13.2 Å². The smallest absolute Gasteiger partial charge is 0.344 e. The third-order valence-corrected chi connectivity index (χ3v) is 2.22. The highest BCUT2D eigenvalue weighted by Crippen LogP contribution is 2.19. The molecule has 2 N–H and O–H groups in total. The molecule has 0 aliphatic rings. The van der Waals surface area contributed by atoms with Crippen molar-refractivity contribution in [2.75, 3.05) is 13.2 Å². The zero-order valence-electron chi connectivity index (χ0n) is 12.8. The molecule has 1 amide bonds. The van der Waals surface area contributed by atoms with Crippen LogP contribution in [0, 0.1) is 0 Å². The summed E-state index contributed by atoms with van der Waals surface area (Å²) in [6.07, 6.45) is 0. The zero-order valence-corrected chi connectivity index (χ0v) is 12.8. The molecule has 7 nitrogen and oxygen atoms in total. The molecule has 0 saturated heterocycles. The van der Waals surface area contributed by atoms with E-state index < -0.39 is 30.1 Å². The number of ether oxygens (including phenoxy) is 3. The Kier molecular flexibility index (Phi) is 5.91. The molecule has 0 unspecified atom stereocenters. The summed E-state index contributed by atoms with van der Waals surface area (Å²) in [7, 11) is 0. The first-order chi connectivity index (χ1) is 10.2. The van der Waals surface area contributed by atoms with Crippen LogP contribution in [-0.4, -0.2) is 36.7 Å². The van der Waals surface area contributed by atoms with Gasteiger partial charge in [0.05, 0.1) is 0 Å². The number of carbonyl (C=O) groups excluding carboxylic acids is 3. The van der Waals surface area contributed by atoms with Gasteiger partial charge in [-0.05, 0) is 32.9 Å². The molecule has 1 aromatic carbocycles. The fourth-order valence-corrected chi connectivity index (χ4v) is 1.48. The van der Waals surface area contributed by atoms with Gasteiger partial charge in [0.25, 0.3) is 5.91 Å². The van der Waals surface area contributed by atoms with E-state index in [1.54, 1.807) is 32.9 Å². The molecule has 0 aliphatic heterocycles. The van der Waals surface area contributed by atoms with Crippen LogP contribution in [0.2, 0.25) is 0 Å². The van der Waals surface area contributed by atoms with Crippen molar-refractivity contribution < 1.29 is 28.6 Å². The average Bonchev–Trinajstić information content (AvgIpc) is 2.41. The molecule has 22 heavy (non-hydrogen) atoms. The Morgan fingerprint density at radius 3 is 2.32 bits per heavy atom. The Balaban J connectivity index is 2.66. The van der Waals surface area contributed by atoms with Gasteiger partial charge in [-0.2, -0.15) is 0 Å². The van der Waals surface area contributed by atoms with Crippen LogP contribution in [0.25, 0.3) is 0 Å². The maximum absolute atomic E-state index is 12.0. The Bertz CT molecular complexity index is 561. The second-order valence-electron chi connectivity index (χ2n) is 5.41. The molecule has 0 fully saturated rings. The summed E-state index contributed by atoms with van der Waals surface area (Å²) in [6.45, 7) is 4.25. The fourth-order valence-electron chi connectivity index (χ4n) is 1.48. The van der Waals surface area contributed by atoms with Crippen LogP contribution in [-0.2, 0) is 19.1 Å². The second-order valence-corrected chi connectivity index (χ2v) is 5.41. The standard InChI is InChI=1S/C15H19NO6/c1-15(2,3)22-13(18)9-21-14(19)10-6-4-5-7-11(10)20-8-12(16)17/h4-7H,8-9H2,1-3H3,(H2,16,17). The van der Waals surface area contributed by atoms with E-state index in [0.717, 1.165) is 0 Å². The number of para-hydroxylation sites is 1. The quantitative estimate of drug-likeness (QED) is 0.787. The van der Waals surface area contributed by atoms with Gasteiger partial charge in [-0.1, -0.05) is 12.1 Å². The highest BCUT2D eigenvalue weighted by Gasteiger charge is 2.19. The number of amides is 1. The summed E-state index contributed by atoms with van der Waals surface area (Å²) in [5.74, 6) is -1.94. The molecule has 1 rings (SSSR count). The van der Waals surface area contributed by atoms with E-state index in [4.69, 9.17) is 19.9 Å². The van der Waals surface area contributed by atoms with Gasteiger partial charge < -0.3 is 19.9 Å². The first-order valence-electron chi connectivity index (χ1n) is 6.58. The van der Waals surface area contributed by atoms with Crippen LogP contribution < -0.4 is 10.5 Å². The van der Waals surface area contributed by atoms with Crippen molar-refractivity contribution in [1.29, 1.82) is 0 Å². The third-order valence-electron chi connectivity index (χ3n) is 2.22. The third kappa shape index (κ3) is 6.25. The molecule has 1 aromatic rings. The number of hydrogen-bond acceptors (Lipinski definition) is 6. The lowest BCUT2D eigenvalue weighted by molar-refractivity contribution is -0.158. The van der Waals surface area contributed by atoms with E-state index in [1.165, 1.54) is 12.1 Å². The van der Waals surface area contributed by atoms with E-state index in [0.29, 0.717) is 0 Å². The van der Waals surface area contributed by atoms with Crippen molar-refractivity contribution in [1.82, 2.24) is 0 Å². The Hall–Kier alpha value is -2.57. The van der Waals surface area contributed by atoms with Crippen LogP contribution in [0.15, 0.2) is 24.3 Å². The minimum absolute atomic E-state index is 0.0901. The van der Waals surface area contributed by atoms with Gasteiger partial charge >= 0.3 is 11.9 Å². The topological polar surface area (TPSA) is 105 Å². The minimum atomic E-state index is -0.758. The largest absolute Gasteiger partial charge is 0.483 e. The van der Waals surface area contributed by atoms with E-state index in [-0.39, 0.29) is 17.9 Å². The summed E-state index contributed by atoms with van der Waals surface area (Å²) in [5, 5.41) is 0. The van der Waals surface area contributed by atoms with Gasteiger partial charge in [0, 0.05) is 0 Å². The van der Waals surface area contributed by atoms with E-state index >= 15 is 0 Å². The predicted octanol–water partition coefficient (Wildman–Crippen LogP) is 1.05. The molecule has 120 valence electrons. The maximum atomic E-state index is 12.0. The number of benzene rings is 1. The van der Waals surface area contributed by atoms with Crippen LogP contribution in [0.4, 0.5) is 0 Å². The van der Waals surface area contributed by atoms with Crippen LogP contribution >= 0.6 is 0 Å². The summed E-state index contributed by atoms with van der Waals surface area (Å²) in [4.78, 5) is 34.2. The van der Waals surface area contributed by atoms with Crippen LogP contribution in [0.3, 0.4) is 0 Å². The maximum Gasteiger partial charge on any atom is 0.344 e. The number of hydrogen-bond donors (Lipinski definition) is 1. The fraction of sp³-hybridized carbons (Fsp3) is 0.400. The summed E-state index contributed by atoms with van der Waals surface area (Å²) in [6, 6.07) is 6.17. The molecule has 0 aliphatic carbocycles. The highest BCUT2D eigenvalue weighted by atomic mass is 16.6. The zero-order chi connectivity index (χ0) is 16.8. The SMILES string of the molecule is CC(C)(C)OC(=O)COC(=O)c1ccccc1OCC(N)=O. The van der Waals surface area contributed by atoms with Crippen molar-refractivity contribution in [3.8, 4) is 5.75 Å². The number of esters is 2. The Labute approximate surface area is 128 Å². The molecule has 0 atom stereocenters. The molecule has 0 heterocycles. The van der Waals surface area contributed by atoms with Gasteiger partial charge in [0.1, 0.15) is 16.9 Å². The molecule has 0 radical (unpaired) electrons. The molecular formula is C15H19NO6. The number of primary amides is 1. The lowest BCUT2D eigenvalue weighted by Gasteiger charge is -2.19. The lowest BCUT2D eigenvalue weighted by Crippen LogP contribution is -2.27. The number of carbonyl (C=O) groups is 3. The molecule has 0 saturated carbocycles. The normalized spacial score (nSPS) is 10.7. The number of rotatable bonds is 6. The summed E-state index contributed by atoms with van der Waals surface area (Å²) in [5.41, 5.74) is 4.41. The van der Waals surface area contributed by atoms with Gasteiger partial charge in [-0.15, -0.1) is 0 Å². The molecule has 7 heteroatoms.